The van der Waals surface area contributed by atoms with Crippen LogP contribution in [0.15, 0.2) is 24.3 Å². The summed E-state index contributed by atoms with van der Waals surface area (Å²) in [4.78, 5) is 11.0. The Hall–Kier alpha value is -1.51. The summed E-state index contributed by atoms with van der Waals surface area (Å²) in [5, 5.41) is 9.06. The van der Waals surface area contributed by atoms with Crippen molar-refractivity contribution < 1.29 is 14.6 Å². The first-order valence-electron chi connectivity index (χ1n) is 7.97. The van der Waals surface area contributed by atoms with Crippen LogP contribution in [0.4, 0.5) is 0 Å². The first-order valence-corrected chi connectivity index (χ1v) is 7.97. The first-order chi connectivity index (χ1) is 10.0. The summed E-state index contributed by atoms with van der Waals surface area (Å²) < 4.78 is 5.94. The van der Waals surface area contributed by atoms with Crippen molar-refractivity contribution in [1.82, 2.24) is 0 Å². The highest BCUT2D eigenvalue weighted by Crippen LogP contribution is 2.47. The molecule has 2 rings (SSSR count). The number of rotatable bonds is 8. The zero-order valence-electron chi connectivity index (χ0n) is 13.2. The van der Waals surface area contributed by atoms with Crippen LogP contribution in [-0.2, 0) is 4.79 Å². The van der Waals surface area contributed by atoms with Crippen molar-refractivity contribution in [2.24, 2.45) is 17.8 Å². The van der Waals surface area contributed by atoms with E-state index in [-0.39, 0.29) is 5.92 Å². The summed E-state index contributed by atoms with van der Waals surface area (Å²) in [6.07, 6.45) is 2.81. The van der Waals surface area contributed by atoms with E-state index in [9.17, 15) is 4.79 Å². The lowest BCUT2D eigenvalue weighted by atomic mass is 9.90. The van der Waals surface area contributed by atoms with E-state index in [0.717, 1.165) is 25.0 Å². The van der Waals surface area contributed by atoms with Crippen LogP contribution in [0.25, 0.3) is 0 Å². The molecule has 0 aliphatic heterocycles. The van der Waals surface area contributed by atoms with Crippen molar-refractivity contribution >= 4 is 5.97 Å². The van der Waals surface area contributed by atoms with Crippen LogP contribution in [-0.4, -0.2) is 17.7 Å². The number of hydrogen-bond donors (Lipinski definition) is 1. The smallest absolute Gasteiger partial charge is 0.306 e. The van der Waals surface area contributed by atoms with Gasteiger partial charge in [-0.3, -0.25) is 4.79 Å². The lowest BCUT2D eigenvalue weighted by Crippen LogP contribution is -2.09. The molecule has 1 aliphatic rings. The molecule has 3 atom stereocenters. The van der Waals surface area contributed by atoms with Crippen LogP contribution in [0.5, 0.6) is 5.75 Å². The van der Waals surface area contributed by atoms with Gasteiger partial charge in [0.05, 0.1) is 12.5 Å². The molecule has 3 unspecified atom stereocenters. The summed E-state index contributed by atoms with van der Waals surface area (Å²) in [6.45, 7) is 7.17. The number of carbonyl (C=O) groups is 1. The minimum atomic E-state index is -0.640. The molecule has 0 heterocycles. The molecule has 1 N–H and O–H groups in total. The Kier molecular flexibility index (Phi) is 5.27. The maximum absolute atomic E-state index is 11.0. The highest BCUT2D eigenvalue weighted by atomic mass is 16.5. The first kappa shape index (κ1) is 15.9. The number of hydrogen-bond acceptors (Lipinski definition) is 2. The Morgan fingerprint density at radius 3 is 2.67 bits per heavy atom. The molecule has 116 valence electrons. The van der Waals surface area contributed by atoms with E-state index in [1.165, 1.54) is 5.56 Å². The van der Waals surface area contributed by atoms with Gasteiger partial charge in [0.2, 0.25) is 0 Å². The second-order valence-corrected chi connectivity index (χ2v) is 6.52. The highest BCUT2D eigenvalue weighted by molar-refractivity contribution is 5.73. The second kappa shape index (κ2) is 6.97. The molecule has 3 heteroatoms. The van der Waals surface area contributed by atoms with Gasteiger partial charge in [-0.15, -0.1) is 0 Å². The van der Waals surface area contributed by atoms with Gasteiger partial charge in [0.1, 0.15) is 5.75 Å². The molecule has 0 saturated heterocycles. The Bertz CT molecular complexity index is 481. The SMILES string of the molecule is CCC(CC1CC1C(=O)O)c1ccccc1OCC(C)C. The lowest BCUT2D eigenvalue weighted by molar-refractivity contribution is -0.138. The minimum absolute atomic E-state index is 0.122. The summed E-state index contributed by atoms with van der Waals surface area (Å²) in [5.41, 5.74) is 1.23. The highest BCUT2D eigenvalue weighted by Gasteiger charge is 2.44. The Morgan fingerprint density at radius 1 is 1.38 bits per heavy atom. The van der Waals surface area contributed by atoms with Gasteiger partial charge in [-0.1, -0.05) is 39.0 Å². The van der Waals surface area contributed by atoms with Gasteiger partial charge in [-0.2, -0.15) is 0 Å². The molecule has 0 spiro atoms. The van der Waals surface area contributed by atoms with Crippen molar-refractivity contribution in [2.45, 2.75) is 46.0 Å². The van der Waals surface area contributed by atoms with E-state index in [0.29, 0.717) is 24.4 Å². The van der Waals surface area contributed by atoms with E-state index in [1.54, 1.807) is 0 Å². The Labute approximate surface area is 127 Å². The molecular weight excluding hydrogens is 264 g/mol. The zero-order valence-corrected chi connectivity index (χ0v) is 13.2. The maximum Gasteiger partial charge on any atom is 0.306 e. The average Bonchev–Trinajstić information content (AvgIpc) is 3.22. The van der Waals surface area contributed by atoms with Gasteiger partial charge in [-0.25, -0.2) is 0 Å². The van der Waals surface area contributed by atoms with Crippen LogP contribution in [0.2, 0.25) is 0 Å². The van der Waals surface area contributed by atoms with Crippen molar-refractivity contribution in [3.63, 3.8) is 0 Å². The summed E-state index contributed by atoms with van der Waals surface area (Å²) >= 11 is 0. The molecule has 1 aromatic rings. The molecule has 0 aromatic heterocycles. The molecule has 0 radical (unpaired) electrons. The van der Waals surface area contributed by atoms with E-state index in [4.69, 9.17) is 9.84 Å². The van der Waals surface area contributed by atoms with Gasteiger partial charge >= 0.3 is 5.97 Å². The number of benzene rings is 1. The predicted octanol–water partition coefficient (Wildman–Crippen LogP) is 4.33. The van der Waals surface area contributed by atoms with E-state index < -0.39 is 5.97 Å². The van der Waals surface area contributed by atoms with Crippen molar-refractivity contribution in [1.29, 1.82) is 0 Å². The molecule has 1 aliphatic carbocycles. The molecule has 1 aromatic carbocycles. The van der Waals surface area contributed by atoms with Crippen LogP contribution in [0.3, 0.4) is 0 Å². The molecule has 0 amide bonds. The summed E-state index contributed by atoms with van der Waals surface area (Å²) in [5.74, 6) is 1.43. The fourth-order valence-electron chi connectivity index (χ4n) is 2.90. The van der Waals surface area contributed by atoms with Gasteiger partial charge < -0.3 is 9.84 Å². The summed E-state index contributed by atoms with van der Waals surface area (Å²) in [6, 6.07) is 8.20. The monoisotopic (exact) mass is 290 g/mol. The van der Waals surface area contributed by atoms with Crippen LogP contribution >= 0.6 is 0 Å². The average molecular weight is 290 g/mol. The van der Waals surface area contributed by atoms with E-state index >= 15 is 0 Å². The zero-order chi connectivity index (χ0) is 15.4. The van der Waals surface area contributed by atoms with Crippen molar-refractivity contribution in [2.75, 3.05) is 6.61 Å². The quantitative estimate of drug-likeness (QED) is 0.775. The fourth-order valence-corrected chi connectivity index (χ4v) is 2.90. The Balaban J connectivity index is 2.05. The van der Waals surface area contributed by atoms with Crippen LogP contribution in [0, 0.1) is 17.8 Å². The second-order valence-electron chi connectivity index (χ2n) is 6.52. The number of para-hydroxylation sites is 1. The van der Waals surface area contributed by atoms with Crippen molar-refractivity contribution in [3.8, 4) is 5.75 Å². The van der Waals surface area contributed by atoms with Crippen molar-refractivity contribution in [3.05, 3.63) is 29.8 Å². The van der Waals surface area contributed by atoms with Crippen LogP contribution < -0.4 is 4.74 Å². The topological polar surface area (TPSA) is 46.5 Å². The van der Waals surface area contributed by atoms with E-state index in [2.05, 4.69) is 26.8 Å². The Morgan fingerprint density at radius 2 is 2.10 bits per heavy atom. The van der Waals surface area contributed by atoms with Crippen LogP contribution in [0.1, 0.15) is 51.5 Å². The maximum atomic E-state index is 11.0. The lowest BCUT2D eigenvalue weighted by Gasteiger charge is -2.20. The molecule has 1 saturated carbocycles. The van der Waals surface area contributed by atoms with Gasteiger partial charge in [0.25, 0.3) is 0 Å². The third-order valence-corrected chi connectivity index (χ3v) is 4.25. The molecular formula is C18H26O3. The molecule has 21 heavy (non-hydrogen) atoms. The van der Waals surface area contributed by atoms with E-state index in [1.807, 2.05) is 18.2 Å². The minimum Gasteiger partial charge on any atom is -0.493 e. The molecule has 1 fully saturated rings. The largest absolute Gasteiger partial charge is 0.493 e. The summed E-state index contributed by atoms with van der Waals surface area (Å²) in [7, 11) is 0. The normalized spacial score (nSPS) is 22.1. The van der Waals surface area contributed by atoms with Gasteiger partial charge in [-0.05, 0) is 48.6 Å². The number of aliphatic carboxylic acids is 1. The van der Waals surface area contributed by atoms with Gasteiger partial charge in [0.15, 0.2) is 0 Å². The van der Waals surface area contributed by atoms with Gasteiger partial charge in [0, 0.05) is 0 Å². The molecule has 0 bridgehead atoms. The number of carboxylic acids is 1. The third-order valence-electron chi connectivity index (χ3n) is 4.25. The standard InChI is InChI=1S/C18H26O3/c1-4-13(9-14-10-16(14)18(19)20)15-7-5-6-8-17(15)21-11-12(2)3/h5-8,12-14,16H,4,9-11H2,1-3H3,(H,19,20). The number of carboxylic acid groups (broad SMARTS) is 1. The predicted molar refractivity (Wildman–Crippen MR) is 83.7 cm³/mol. The fraction of sp³-hybridized carbons (Fsp3) is 0.611. The molecule has 3 nitrogen and oxygen atoms in total. The number of ether oxygens (including phenoxy) is 1. The third kappa shape index (κ3) is 4.23.